The number of benzene rings is 2. The molecular formula is C17H13BrClN9O. The molecule has 0 fully saturated rings. The van der Waals surface area contributed by atoms with E-state index < -0.39 is 0 Å². The number of tetrazole rings is 2. The quantitative estimate of drug-likeness (QED) is 0.472. The van der Waals surface area contributed by atoms with Crippen molar-refractivity contribution in [3.8, 4) is 17.1 Å². The van der Waals surface area contributed by atoms with E-state index in [0.29, 0.717) is 27.8 Å². The molecule has 29 heavy (non-hydrogen) atoms. The lowest BCUT2D eigenvalue weighted by atomic mass is 10.1. The van der Waals surface area contributed by atoms with Gasteiger partial charge in [0.2, 0.25) is 11.7 Å². The summed E-state index contributed by atoms with van der Waals surface area (Å²) in [6, 6.07) is 10.8. The molecular weight excluding hydrogens is 462 g/mol. The third-order valence-corrected chi connectivity index (χ3v) is 4.82. The van der Waals surface area contributed by atoms with Crippen molar-refractivity contribution in [1.82, 2.24) is 40.4 Å². The van der Waals surface area contributed by atoms with Crippen molar-refractivity contribution in [3.63, 3.8) is 0 Å². The van der Waals surface area contributed by atoms with Crippen LogP contribution in [0.25, 0.3) is 17.1 Å². The average Bonchev–Trinajstić information content (AvgIpc) is 3.36. The first kappa shape index (κ1) is 19.2. The van der Waals surface area contributed by atoms with Gasteiger partial charge in [-0.2, -0.15) is 9.48 Å². The van der Waals surface area contributed by atoms with Gasteiger partial charge in [-0.15, -0.1) is 15.3 Å². The van der Waals surface area contributed by atoms with Crippen LogP contribution in [0.15, 0.2) is 47.2 Å². The summed E-state index contributed by atoms with van der Waals surface area (Å²) in [6.07, 6.45) is 1.45. The second-order valence-electron chi connectivity index (χ2n) is 6.09. The van der Waals surface area contributed by atoms with Crippen molar-refractivity contribution < 1.29 is 4.79 Å². The molecule has 0 spiro atoms. The molecule has 0 unspecified atom stereocenters. The highest BCUT2D eigenvalue weighted by atomic mass is 79.9. The molecule has 4 aromatic rings. The smallest absolute Gasteiger partial charge is 0.248 e. The number of nitrogens with one attached hydrogen (secondary N) is 1. The van der Waals surface area contributed by atoms with E-state index in [1.165, 1.54) is 15.8 Å². The van der Waals surface area contributed by atoms with Gasteiger partial charge in [0.25, 0.3) is 0 Å². The van der Waals surface area contributed by atoms with Crippen molar-refractivity contribution in [2.24, 2.45) is 0 Å². The summed E-state index contributed by atoms with van der Waals surface area (Å²) >= 11 is 9.56. The fraction of sp³-hybridized carbons (Fsp3) is 0.118. The number of aryl methyl sites for hydroxylation is 1. The van der Waals surface area contributed by atoms with Crippen molar-refractivity contribution in [2.45, 2.75) is 13.5 Å². The van der Waals surface area contributed by atoms with Crippen molar-refractivity contribution in [1.29, 1.82) is 0 Å². The van der Waals surface area contributed by atoms with E-state index in [0.717, 1.165) is 10.0 Å². The molecule has 2 heterocycles. The number of anilines is 1. The summed E-state index contributed by atoms with van der Waals surface area (Å²) < 4.78 is 2.26. The number of hydrogen-bond acceptors (Lipinski definition) is 7. The van der Waals surface area contributed by atoms with Crippen molar-refractivity contribution >= 4 is 39.1 Å². The Morgan fingerprint density at radius 1 is 1.21 bits per heavy atom. The van der Waals surface area contributed by atoms with E-state index in [-0.39, 0.29) is 12.5 Å². The highest BCUT2D eigenvalue weighted by Gasteiger charge is 2.16. The second-order valence-corrected chi connectivity index (χ2v) is 7.38. The number of carbonyl (C=O) groups excluding carboxylic acids is 1. The first-order valence-electron chi connectivity index (χ1n) is 8.37. The van der Waals surface area contributed by atoms with Crippen LogP contribution < -0.4 is 5.32 Å². The first-order chi connectivity index (χ1) is 14.0. The molecule has 0 aliphatic heterocycles. The summed E-state index contributed by atoms with van der Waals surface area (Å²) in [5.74, 6) is 0.00705. The van der Waals surface area contributed by atoms with Crippen LogP contribution in [0.2, 0.25) is 5.02 Å². The summed E-state index contributed by atoms with van der Waals surface area (Å²) in [5.41, 5.74) is 2.96. The zero-order valence-corrected chi connectivity index (χ0v) is 17.3. The zero-order valence-electron chi connectivity index (χ0n) is 15.0. The van der Waals surface area contributed by atoms with Crippen LogP contribution in [0.5, 0.6) is 0 Å². The third-order valence-electron chi connectivity index (χ3n) is 3.93. The number of hydrogen-bond donors (Lipinski definition) is 1. The van der Waals surface area contributed by atoms with E-state index in [1.807, 2.05) is 25.1 Å². The predicted molar refractivity (Wildman–Crippen MR) is 108 cm³/mol. The van der Waals surface area contributed by atoms with Crippen LogP contribution >= 0.6 is 27.5 Å². The Hall–Kier alpha value is -3.18. The Morgan fingerprint density at radius 3 is 2.83 bits per heavy atom. The molecule has 2 aromatic heterocycles. The lowest BCUT2D eigenvalue weighted by Gasteiger charge is -2.07. The second kappa shape index (κ2) is 8.05. The lowest BCUT2D eigenvalue weighted by molar-refractivity contribution is -0.117. The molecule has 146 valence electrons. The van der Waals surface area contributed by atoms with Crippen LogP contribution in [0.4, 0.5) is 5.69 Å². The molecule has 10 nitrogen and oxygen atoms in total. The van der Waals surface area contributed by atoms with Gasteiger partial charge in [-0.1, -0.05) is 17.7 Å². The molecule has 0 aliphatic carbocycles. The Labute approximate surface area is 178 Å². The normalized spacial score (nSPS) is 10.9. The maximum Gasteiger partial charge on any atom is 0.248 e. The molecule has 12 heteroatoms. The van der Waals surface area contributed by atoms with E-state index in [9.17, 15) is 4.79 Å². The molecule has 1 N–H and O–H groups in total. The number of rotatable bonds is 5. The number of amides is 1. The number of aromatic nitrogens is 8. The summed E-state index contributed by atoms with van der Waals surface area (Å²) in [4.78, 5) is 13.6. The van der Waals surface area contributed by atoms with Crippen molar-refractivity contribution in [3.05, 3.63) is 57.8 Å². The topological polar surface area (TPSA) is 116 Å². The van der Waals surface area contributed by atoms with Gasteiger partial charge in [0.15, 0.2) is 0 Å². The van der Waals surface area contributed by atoms with Gasteiger partial charge in [-0.3, -0.25) is 4.79 Å². The van der Waals surface area contributed by atoms with Gasteiger partial charge >= 0.3 is 0 Å². The minimum Gasteiger partial charge on any atom is -0.323 e. The Balaban J connectivity index is 1.55. The SMILES string of the molecule is Cc1ccc(NC(=O)Cn2nnc(-c3cc(Cl)ccc3-n3cnnn3)n2)c(Br)c1. The Morgan fingerprint density at radius 2 is 2.07 bits per heavy atom. The minimum atomic E-state index is -0.287. The monoisotopic (exact) mass is 473 g/mol. The van der Waals surface area contributed by atoms with Gasteiger partial charge in [-0.05, 0) is 74.4 Å². The summed E-state index contributed by atoms with van der Waals surface area (Å²) in [7, 11) is 0. The van der Waals surface area contributed by atoms with Crippen LogP contribution in [0.1, 0.15) is 5.56 Å². The maximum absolute atomic E-state index is 12.4. The maximum atomic E-state index is 12.4. The van der Waals surface area contributed by atoms with Gasteiger partial charge < -0.3 is 5.32 Å². The summed E-state index contributed by atoms with van der Waals surface area (Å²) in [5, 5.41) is 26.7. The van der Waals surface area contributed by atoms with Gasteiger partial charge in [-0.25, -0.2) is 0 Å². The third kappa shape index (κ3) is 4.30. The standard InChI is InChI=1S/C17H13BrClN9O/c1-10-2-4-14(13(18)6-10)21-16(29)8-28-23-17(22-25-28)12-7-11(19)3-5-15(12)27-9-20-24-26-27/h2-7,9H,8H2,1H3,(H,21,29). The van der Waals surface area contributed by atoms with Crippen LogP contribution in [-0.2, 0) is 11.3 Å². The number of nitrogens with zero attached hydrogens (tertiary/aromatic N) is 8. The van der Waals surface area contributed by atoms with E-state index >= 15 is 0 Å². The van der Waals surface area contributed by atoms with Gasteiger partial charge in [0.1, 0.15) is 12.9 Å². The zero-order chi connectivity index (χ0) is 20.4. The molecule has 0 radical (unpaired) electrons. The Bertz CT molecular complexity index is 1180. The molecule has 0 bridgehead atoms. The molecule has 1 amide bonds. The summed E-state index contributed by atoms with van der Waals surface area (Å²) in [6.45, 7) is 1.87. The van der Waals surface area contributed by atoms with E-state index in [2.05, 4.69) is 52.2 Å². The average molecular weight is 475 g/mol. The van der Waals surface area contributed by atoms with Crippen molar-refractivity contribution in [2.75, 3.05) is 5.32 Å². The van der Waals surface area contributed by atoms with Crippen LogP contribution in [-0.4, -0.2) is 46.3 Å². The van der Waals surface area contributed by atoms with Crippen LogP contribution in [0.3, 0.4) is 0 Å². The molecule has 0 aliphatic rings. The number of carbonyl (C=O) groups is 1. The van der Waals surface area contributed by atoms with Crippen LogP contribution in [0, 0.1) is 6.92 Å². The molecule has 0 saturated heterocycles. The number of halogens is 2. The van der Waals surface area contributed by atoms with Gasteiger partial charge in [0, 0.05) is 9.50 Å². The first-order valence-corrected chi connectivity index (χ1v) is 9.54. The Kier molecular flexibility index (Phi) is 5.32. The predicted octanol–water partition coefficient (Wildman–Crippen LogP) is 2.68. The highest BCUT2D eigenvalue weighted by Crippen LogP contribution is 2.26. The molecule has 0 atom stereocenters. The highest BCUT2D eigenvalue weighted by molar-refractivity contribution is 9.10. The minimum absolute atomic E-state index is 0.103. The molecule has 0 saturated carbocycles. The van der Waals surface area contributed by atoms with Gasteiger partial charge in [0.05, 0.1) is 16.9 Å². The fourth-order valence-electron chi connectivity index (χ4n) is 2.62. The molecule has 4 rings (SSSR count). The molecule has 2 aromatic carbocycles. The largest absolute Gasteiger partial charge is 0.323 e. The fourth-order valence-corrected chi connectivity index (χ4v) is 3.38. The lowest BCUT2D eigenvalue weighted by Crippen LogP contribution is -2.20. The van der Waals surface area contributed by atoms with E-state index in [1.54, 1.807) is 18.2 Å². The van der Waals surface area contributed by atoms with E-state index in [4.69, 9.17) is 11.6 Å².